The molecular formula is C12H18FNO. The summed E-state index contributed by atoms with van der Waals surface area (Å²) < 4.78 is 18.8. The zero-order chi connectivity index (χ0) is 11.3. The van der Waals surface area contributed by atoms with E-state index in [0.29, 0.717) is 18.8 Å². The number of hydrogen-bond donors (Lipinski definition) is 1. The topological polar surface area (TPSA) is 35.2 Å². The van der Waals surface area contributed by atoms with E-state index in [0.717, 1.165) is 12.0 Å². The van der Waals surface area contributed by atoms with E-state index in [1.165, 1.54) is 6.07 Å². The Morgan fingerprint density at radius 1 is 1.47 bits per heavy atom. The normalized spacial score (nSPS) is 12.5. The summed E-state index contributed by atoms with van der Waals surface area (Å²) in [7, 11) is 0. The summed E-state index contributed by atoms with van der Waals surface area (Å²) in [5.74, 6) is 0.0539. The quantitative estimate of drug-likeness (QED) is 0.812. The summed E-state index contributed by atoms with van der Waals surface area (Å²) in [6.07, 6.45) is 1.50. The molecule has 0 aliphatic heterocycles. The summed E-state index contributed by atoms with van der Waals surface area (Å²) in [6, 6.07) is 4.97. The number of benzene rings is 1. The standard InChI is InChI=1S/C12H18FNO/c1-3-7-15-12-10(8-9(2)14)5-4-6-11(12)13/h4-6,9H,3,7-8,14H2,1-2H3. The van der Waals surface area contributed by atoms with E-state index in [-0.39, 0.29) is 11.9 Å². The van der Waals surface area contributed by atoms with Gasteiger partial charge in [-0.3, -0.25) is 0 Å². The Bertz CT molecular complexity index is 312. The van der Waals surface area contributed by atoms with E-state index in [1.807, 2.05) is 19.9 Å². The maximum Gasteiger partial charge on any atom is 0.165 e. The van der Waals surface area contributed by atoms with Crippen LogP contribution in [0.5, 0.6) is 5.75 Å². The number of para-hydroxylation sites is 1. The van der Waals surface area contributed by atoms with Crippen molar-refractivity contribution in [2.75, 3.05) is 6.61 Å². The van der Waals surface area contributed by atoms with Crippen LogP contribution < -0.4 is 10.5 Å². The maximum atomic E-state index is 13.5. The van der Waals surface area contributed by atoms with Crippen molar-refractivity contribution in [3.05, 3.63) is 29.6 Å². The molecule has 1 unspecified atom stereocenters. The molecule has 2 N–H and O–H groups in total. The van der Waals surface area contributed by atoms with Crippen molar-refractivity contribution in [2.45, 2.75) is 32.7 Å². The van der Waals surface area contributed by atoms with Crippen molar-refractivity contribution < 1.29 is 9.13 Å². The molecule has 0 saturated heterocycles. The van der Waals surface area contributed by atoms with Gasteiger partial charge < -0.3 is 10.5 Å². The molecule has 3 heteroatoms. The van der Waals surface area contributed by atoms with E-state index in [1.54, 1.807) is 6.07 Å². The average Bonchev–Trinajstić information content (AvgIpc) is 2.16. The molecule has 1 atom stereocenters. The Hall–Kier alpha value is -1.09. The average molecular weight is 211 g/mol. The first-order valence-electron chi connectivity index (χ1n) is 5.31. The van der Waals surface area contributed by atoms with Crippen LogP contribution in [0.1, 0.15) is 25.8 Å². The van der Waals surface area contributed by atoms with Gasteiger partial charge in [0.15, 0.2) is 11.6 Å². The minimum atomic E-state index is -0.304. The monoisotopic (exact) mass is 211 g/mol. The molecule has 0 radical (unpaired) electrons. The Kier molecular flexibility index (Phi) is 4.56. The van der Waals surface area contributed by atoms with E-state index >= 15 is 0 Å². The minimum absolute atomic E-state index is 0.00998. The summed E-state index contributed by atoms with van der Waals surface area (Å²) in [5, 5.41) is 0. The smallest absolute Gasteiger partial charge is 0.165 e. The van der Waals surface area contributed by atoms with Crippen molar-refractivity contribution in [3.63, 3.8) is 0 Å². The number of nitrogens with two attached hydrogens (primary N) is 1. The highest BCUT2D eigenvalue weighted by Crippen LogP contribution is 2.23. The summed E-state index contributed by atoms with van der Waals surface area (Å²) in [5.41, 5.74) is 6.54. The molecule has 15 heavy (non-hydrogen) atoms. The number of hydrogen-bond acceptors (Lipinski definition) is 2. The van der Waals surface area contributed by atoms with Crippen LogP contribution in [0.25, 0.3) is 0 Å². The lowest BCUT2D eigenvalue weighted by atomic mass is 10.1. The Balaban J connectivity index is 2.87. The molecule has 0 heterocycles. The lowest BCUT2D eigenvalue weighted by Crippen LogP contribution is -2.18. The van der Waals surface area contributed by atoms with Gasteiger partial charge in [0.2, 0.25) is 0 Å². The fourth-order valence-corrected chi connectivity index (χ4v) is 1.43. The molecule has 0 amide bonds. The minimum Gasteiger partial charge on any atom is -0.490 e. The van der Waals surface area contributed by atoms with Gasteiger partial charge in [0.1, 0.15) is 0 Å². The number of halogens is 1. The highest BCUT2D eigenvalue weighted by Gasteiger charge is 2.10. The van der Waals surface area contributed by atoms with Crippen molar-refractivity contribution in [2.24, 2.45) is 5.73 Å². The van der Waals surface area contributed by atoms with Crippen LogP contribution in [0, 0.1) is 5.82 Å². The fourth-order valence-electron chi connectivity index (χ4n) is 1.43. The van der Waals surface area contributed by atoms with Gasteiger partial charge in [0, 0.05) is 6.04 Å². The van der Waals surface area contributed by atoms with E-state index in [2.05, 4.69) is 0 Å². The van der Waals surface area contributed by atoms with Crippen LogP contribution in [0.3, 0.4) is 0 Å². The van der Waals surface area contributed by atoms with E-state index in [4.69, 9.17) is 10.5 Å². The molecule has 0 aromatic heterocycles. The molecule has 0 aliphatic carbocycles. The van der Waals surface area contributed by atoms with E-state index < -0.39 is 0 Å². The molecule has 1 aromatic rings. The van der Waals surface area contributed by atoms with Gasteiger partial charge in [-0.05, 0) is 31.4 Å². The van der Waals surface area contributed by atoms with Crippen LogP contribution >= 0.6 is 0 Å². The van der Waals surface area contributed by atoms with Crippen LogP contribution in [0.4, 0.5) is 4.39 Å². The molecule has 0 bridgehead atoms. The highest BCUT2D eigenvalue weighted by atomic mass is 19.1. The third kappa shape index (κ3) is 3.51. The largest absolute Gasteiger partial charge is 0.490 e. The summed E-state index contributed by atoms with van der Waals surface area (Å²) in [6.45, 7) is 4.42. The Labute approximate surface area is 90.2 Å². The maximum absolute atomic E-state index is 13.5. The van der Waals surface area contributed by atoms with Crippen molar-refractivity contribution in [3.8, 4) is 5.75 Å². The van der Waals surface area contributed by atoms with Gasteiger partial charge in [-0.1, -0.05) is 19.1 Å². The van der Waals surface area contributed by atoms with Gasteiger partial charge in [0.25, 0.3) is 0 Å². The third-order valence-electron chi connectivity index (χ3n) is 2.04. The zero-order valence-electron chi connectivity index (χ0n) is 9.29. The van der Waals surface area contributed by atoms with E-state index in [9.17, 15) is 4.39 Å². The first-order valence-corrected chi connectivity index (χ1v) is 5.31. The summed E-state index contributed by atoms with van der Waals surface area (Å²) >= 11 is 0. The molecule has 0 fully saturated rings. The molecule has 2 nitrogen and oxygen atoms in total. The van der Waals surface area contributed by atoms with Crippen LogP contribution in [-0.4, -0.2) is 12.6 Å². The van der Waals surface area contributed by atoms with Crippen LogP contribution in [0.15, 0.2) is 18.2 Å². The fraction of sp³-hybridized carbons (Fsp3) is 0.500. The second kappa shape index (κ2) is 5.71. The van der Waals surface area contributed by atoms with Crippen molar-refractivity contribution in [1.82, 2.24) is 0 Å². The molecule has 1 rings (SSSR count). The molecular weight excluding hydrogens is 193 g/mol. The van der Waals surface area contributed by atoms with Gasteiger partial charge in [0.05, 0.1) is 6.61 Å². The van der Waals surface area contributed by atoms with Crippen LogP contribution in [-0.2, 0) is 6.42 Å². The predicted octanol–water partition coefficient (Wildman–Crippen LogP) is 2.50. The molecule has 1 aromatic carbocycles. The second-order valence-corrected chi connectivity index (χ2v) is 3.76. The van der Waals surface area contributed by atoms with Gasteiger partial charge >= 0.3 is 0 Å². The lowest BCUT2D eigenvalue weighted by molar-refractivity contribution is 0.297. The van der Waals surface area contributed by atoms with Crippen LogP contribution in [0.2, 0.25) is 0 Å². The number of ether oxygens (including phenoxy) is 1. The number of rotatable bonds is 5. The predicted molar refractivity (Wildman–Crippen MR) is 59.5 cm³/mol. The van der Waals surface area contributed by atoms with Gasteiger partial charge in [-0.25, -0.2) is 4.39 Å². The first-order chi connectivity index (χ1) is 7.15. The molecule has 0 aliphatic rings. The van der Waals surface area contributed by atoms with Crippen molar-refractivity contribution >= 4 is 0 Å². The summed E-state index contributed by atoms with van der Waals surface area (Å²) in [4.78, 5) is 0. The second-order valence-electron chi connectivity index (χ2n) is 3.76. The van der Waals surface area contributed by atoms with Crippen molar-refractivity contribution in [1.29, 1.82) is 0 Å². The van der Waals surface area contributed by atoms with Gasteiger partial charge in [-0.15, -0.1) is 0 Å². The Morgan fingerprint density at radius 3 is 2.80 bits per heavy atom. The third-order valence-corrected chi connectivity index (χ3v) is 2.04. The lowest BCUT2D eigenvalue weighted by Gasteiger charge is -2.13. The highest BCUT2D eigenvalue weighted by molar-refractivity contribution is 5.35. The Morgan fingerprint density at radius 2 is 2.20 bits per heavy atom. The molecule has 84 valence electrons. The first kappa shape index (κ1) is 12.0. The SMILES string of the molecule is CCCOc1c(F)cccc1CC(C)N. The molecule has 0 spiro atoms. The molecule has 0 saturated carbocycles. The van der Waals surface area contributed by atoms with Gasteiger partial charge in [-0.2, -0.15) is 0 Å². The zero-order valence-corrected chi connectivity index (χ0v) is 9.29.